The van der Waals surface area contributed by atoms with Gasteiger partial charge < -0.3 is 19.9 Å². The Bertz CT molecular complexity index is 1020. The predicted octanol–water partition coefficient (Wildman–Crippen LogP) is 2.70. The van der Waals surface area contributed by atoms with Crippen molar-refractivity contribution in [3.63, 3.8) is 0 Å². The van der Waals surface area contributed by atoms with Gasteiger partial charge in [0.25, 0.3) is 17.5 Å². The number of methoxy groups -OCH3 is 1. The Morgan fingerprint density at radius 3 is 2.16 bits per heavy atom. The van der Waals surface area contributed by atoms with Crippen molar-refractivity contribution in [3.8, 4) is 0 Å². The van der Waals surface area contributed by atoms with Crippen LogP contribution in [-0.2, 0) is 4.74 Å². The number of amides is 2. The topological polar surface area (TPSA) is 105 Å². The number of rotatable bonds is 7. The molecule has 1 fully saturated rings. The Labute approximate surface area is 184 Å². The summed E-state index contributed by atoms with van der Waals surface area (Å²) in [5, 5.41) is 14.4. The maximum absolute atomic E-state index is 13.8. The second-order valence-electron chi connectivity index (χ2n) is 7.46. The van der Waals surface area contributed by atoms with Crippen LogP contribution in [0.4, 0.5) is 15.8 Å². The van der Waals surface area contributed by atoms with E-state index in [0.29, 0.717) is 37.5 Å². The first-order valence-corrected chi connectivity index (χ1v) is 10.2. The summed E-state index contributed by atoms with van der Waals surface area (Å²) >= 11 is 0. The lowest BCUT2D eigenvalue weighted by molar-refractivity contribution is -0.384. The van der Waals surface area contributed by atoms with E-state index in [0.717, 1.165) is 0 Å². The largest absolute Gasteiger partial charge is 0.383 e. The smallest absolute Gasteiger partial charge is 0.293 e. The quantitative estimate of drug-likeness (QED) is 0.400. The number of piperazine rings is 1. The molecule has 0 aromatic heterocycles. The molecule has 1 aliphatic heterocycles. The Kier molecular flexibility index (Phi) is 7.37. The minimum Gasteiger partial charge on any atom is -0.383 e. The third-order valence-electron chi connectivity index (χ3n) is 5.34. The highest BCUT2D eigenvalue weighted by Gasteiger charge is 2.27. The van der Waals surface area contributed by atoms with E-state index in [2.05, 4.69) is 5.32 Å². The summed E-state index contributed by atoms with van der Waals surface area (Å²) < 4.78 is 18.7. The van der Waals surface area contributed by atoms with Gasteiger partial charge in [0.2, 0.25) is 0 Å². The lowest BCUT2D eigenvalue weighted by atomic mass is 10.1. The van der Waals surface area contributed by atoms with Crippen molar-refractivity contribution >= 4 is 23.2 Å². The van der Waals surface area contributed by atoms with Crippen LogP contribution in [-0.4, -0.2) is 73.0 Å². The Balaban J connectivity index is 1.65. The Morgan fingerprint density at radius 2 is 1.62 bits per heavy atom. The zero-order chi connectivity index (χ0) is 23.3. The van der Waals surface area contributed by atoms with Gasteiger partial charge in [-0.15, -0.1) is 0 Å². The van der Waals surface area contributed by atoms with Gasteiger partial charge in [-0.1, -0.05) is 6.07 Å². The van der Waals surface area contributed by atoms with Crippen molar-refractivity contribution in [3.05, 3.63) is 69.0 Å². The van der Waals surface area contributed by atoms with Gasteiger partial charge in [-0.3, -0.25) is 19.7 Å². The van der Waals surface area contributed by atoms with Crippen LogP contribution in [0.2, 0.25) is 0 Å². The number of anilines is 1. The zero-order valence-electron chi connectivity index (χ0n) is 18.0. The molecule has 1 heterocycles. The molecule has 0 radical (unpaired) electrons. The molecule has 0 saturated carbocycles. The molecular formula is C22H25FN4O5. The third-order valence-corrected chi connectivity index (χ3v) is 5.34. The molecule has 2 aromatic rings. The monoisotopic (exact) mass is 444 g/mol. The van der Waals surface area contributed by atoms with Crippen molar-refractivity contribution in [2.75, 3.05) is 51.8 Å². The molecule has 2 aromatic carbocycles. The molecule has 0 aliphatic carbocycles. The number of nitro benzene ring substituents is 1. The molecule has 1 N–H and O–H groups in total. The number of aryl methyl sites for hydroxylation is 1. The molecule has 10 heteroatoms. The highest BCUT2D eigenvalue weighted by Crippen LogP contribution is 2.26. The average Bonchev–Trinajstić information content (AvgIpc) is 2.80. The lowest BCUT2D eigenvalue weighted by Crippen LogP contribution is -2.50. The van der Waals surface area contributed by atoms with Crippen LogP contribution in [0.3, 0.4) is 0 Å². The normalized spacial score (nSPS) is 13.7. The van der Waals surface area contributed by atoms with Crippen molar-refractivity contribution in [1.82, 2.24) is 9.80 Å². The van der Waals surface area contributed by atoms with Crippen molar-refractivity contribution < 1.29 is 23.6 Å². The van der Waals surface area contributed by atoms with Crippen LogP contribution in [0.25, 0.3) is 0 Å². The summed E-state index contributed by atoms with van der Waals surface area (Å²) in [5.74, 6) is -1.07. The minimum atomic E-state index is -0.538. The molecule has 1 saturated heterocycles. The summed E-state index contributed by atoms with van der Waals surface area (Å²) in [6, 6.07) is 8.66. The van der Waals surface area contributed by atoms with E-state index >= 15 is 0 Å². The van der Waals surface area contributed by atoms with E-state index in [1.165, 1.54) is 31.4 Å². The number of hydrogen-bond donors (Lipinski definition) is 1. The first-order valence-electron chi connectivity index (χ1n) is 10.2. The fourth-order valence-corrected chi connectivity index (χ4v) is 3.46. The van der Waals surface area contributed by atoms with E-state index in [1.54, 1.807) is 28.9 Å². The highest BCUT2D eigenvalue weighted by molar-refractivity contribution is 5.97. The number of ether oxygens (including phenoxy) is 1. The predicted molar refractivity (Wildman–Crippen MR) is 116 cm³/mol. The molecule has 170 valence electrons. The highest BCUT2D eigenvalue weighted by atomic mass is 19.1. The number of nitrogens with one attached hydrogen (secondary N) is 1. The van der Waals surface area contributed by atoms with Crippen LogP contribution in [0.5, 0.6) is 0 Å². The molecular weight excluding hydrogens is 419 g/mol. The van der Waals surface area contributed by atoms with Gasteiger partial charge in [-0.2, -0.15) is 0 Å². The lowest BCUT2D eigenvalue weighted by Gasteiger charge is -2.35. The summed E-state index contributed by atoms with van der Waals surface area (Å²) in [4.78, 5) is 39.5. The van der Waals surface area contributed by atoms with Crippen molar-refractivity contribution in [2.45, 2.75) is 6.92 Å². The van der Waals surface area contributed by atoms with Gasteiger partial charge in [-0.25, -0.2) is 4.39 Å². The fourth-order valence-electron chi connectivity index (χ4n) is 3.46. The molecule has 32 heavy (non-hydrogen) atoms. The second-order valence-corrected chi connectivity index (χ2v) is 7.46. The second kappa shape index (κ2) is 10.2. The number of halogens is 1. The maximum Gasteiger partial charge on any atom is 0.293 e. The number of nitrogens with zero attached hydrogens (tertiary/aromatic N) is 3. The van der Waals surface area contributed by atoms with E-state index in [9.17, 15) is 24.1 Å². The molecule has 0 spiro atoms. The van der Waals surface area contributed by atoms with Gasteiger partial charge >= 0.3 is 0 Å². The molecule has 0 atom stereocenters. The summed E-state index contributed by atoms with van der Waals surface area (Å²) in [6.45, 7) is 3.54. The number of nitro groups is 1. The number of hydrogen-bond acceptors (Lipinski definition) is 6. The van der Waals surface area contributed by atoms with Crippen molar-refractivity contribution in [2.24, 2.45) is 0 Å². The number of benzene rings is 2. The Hall–Kier alpha value is -3.53. The molecule has 1 aliphatic rings. The molecule has 0 unspecified atom stereocenters. The molecule has 2 amide bonds. The van der Waals surface area contributed by atoms with Gasteiger partial charge in [0.1, 0.15) is 11.5 Å². The van der Waals surface area contributed by atoms with E-state index in [4.69, 9.17) is 4.74 Å². The number of carbonyl (C=O) groups excluding carboxylic acids is 2. The minimum absolute atomic E-state index is 0.192. The summed E-state index contributed by atoms with van der Waals surface area (Å²) in [6.07, 6.45) is 0. The average molecular weight is 444 g/mol. The summed E-state index contributed by atoms with van der Waals surface area (Å²) in [5.41, 5.74) is 1.05. The Morgan fingerprint density at radius 1 is 1.06 bits per heavy atom. The zero-order valence-corrected chi connectivity index (χ0v) is 18.0. The van der Waals surface area contributed by atoms with Crippen LogP contribution in [0.1, 0.15) is 26.3 Å². The van der Waals surface area contributed by atoms with E-state index in [-0.39, 0.29) is 41.7 Å². The van der Waals surface area contributed by atoms with Gasteiger partial charge in [-0.05, 0) is 36.8 Å². The van der Waals surface area contributed by atoms with Crippen LogP contribution < -0.4 is 5.32 Å². The first kappa shape index (κ1) is 23.1. The summed E-state index contributed by atoms with van der Waals surface area (Å²) in [7, 11) is 1.53. The third kappa shape index (κ3) is 5.20. The van der Waals surface area contributed by atoms with E-state index < -0.39 is 10.7 Å². The van der Waals surface area contributed by atoms with Crippen LogP contribution in [0, 0.1) is 22.9 Å². The van der Waals surface area contributed by atoms with E-state index in [1.807, 2.05) is 0 Å². The standard InChI is InChI=1S/C22H25FN4O5/c1-15-3-4-16(13-18(15)23)21(28)25-8-10-26(11-9-25)22(29)17-5-6-19(24-7-12-32-2)20(14-17)27(30)31/h3-6,13-14,24H,7-12H2,1-2H3. The first-order chi connectivity index (χ1) is 15.3. The SMILES string of the molecule is COCCNc1ccc(C(=O)N2CCN(C(=O)c3ccc(C)c(F)c3)CC2)cc1[N+](=O)[O-]. The maximum atomic E-state index is 13.8. The van der Waals surface area contributed by atoms with Gasteiger partial charge in [0.05, 0.1) is 11.5 Å². The number of carbonyl (C=O) groups is 2. The fraction of sp³-hybridized carbons (Fsp3) is 0.364. The molecule has 0 bridgehead atoms. The van der Waals surface area contributed by atoms with Crippen LogP contribution in [0.15, 0.2) is 36.4 Å². The van der Waals surface area contributed by atoms with Crippen molar-refractivity contribution in [1.29, 1.82) is 0 Å². The van der Waals surface area contributed by atoms with Gasteiger partial charge in [0, 0.05) is 57.0 Å². The van der Waals surface area contributed by atoms with Gasteiger partial charge in [0.15, 0.2) is 0 Å². The molecule has 9 nitrogen and oxygen atoms in total. The van der Waals surface area contributed by atoms with Crippen LogP contribution >= 0.6 is 0 Å². The molecule has 3 rings (SSSR count).